The van der Waals surface area contributed by atoms with Crippen LogP contribution in [-0.4, -0.2) is 6.15 Å². The Morgan fingerprint density at radius 1 is 0.290 bits per heavy atom. The highest BCUT2D eigenvalue weighted by atomic mass is 19.2. The van der Waals surface area contributed by atoms with Crippen molar-refractivity contribution < 1.29 is 92.4 Å². The van der Waals surface area contributed by atoms with Gasteiger partial charge in [-0.2, -0.15) is 0 Å². The maximum absolute atomic E-state index is 15.4. The van der Waals surface area contributed by atoms with Crippen molar-refractivity contribution >= 4 is 38.8 Å². The Kier molecular flexibility index (Phi) is 12.1. The first-order chi connectivity index (χ1) is 29.1. The molecule has 0 aliphatic carbocycles. The van der Waals surface area contributed by atoms with Gasteiger partial charge in [-0.3, -0.25) is 0 Å². The van der Waals surface area contributed by atoms with Crippen molar-refractivity contribution in [3.8, 4) is 0 Å². The van der Waals surface area contributed by atoms with Crippen LogP contribution >= 0.6 is 0 Å². The molecule has 22 heteroatoms. The molecule has 0 aliphatic heterocycles. The topological polar surface area (TPSA) is 3.88 Å². The summed E-state index contributed by atoms with van der Waals surface area (Å²) in [6.45, 7) is 0.922. The van der Waals surface area contributed by atoms with E-state index in [2.05, 4.69) is 77.6 Å². The summed E-state index contributed by atoms with van der Waals surface area (Å²) in [5.74, 6) is -71.4. The zero-order valence-corrected chi connectivity index (χ0v) is 29.7. The maximum atomic E-state index is 15.4. The van der Waals surface area contributed by atoms with Gasteiger partial charge in [-0.25, -0.2) is 92.4 Å². The van der Waals surface area contributed by atoms with Gasteiger partial charge >= 0.3 is 0 Å². The van der Waals surface area contributed by atoms with Gasteiger partial charge in [-0.15, -0.1) is 21.9 Å². The summed E-state index contributed by atoms with van der Waals surface area (Å²) < 4.78 is 296. The summed E-state index contributed by atoms with van der Waals surface area (Å²) in [6, 6.07) is 21.1. The molecular weight excluding hydrogens is 885 g/mol. The van der Waals surface area contributed by atoms with E-state index in [0.29, 0.717) is 0 Å². The Bertz CT molecular complexity index is 2560. The van der Waals surface area contributed by atoms with Gasteiger partial charge in [-0.1, -0.05) is 48.5 Å². The minimum Gasteiger partial charge on any atom is -0.207 e. The standard InChI is InChI=1S/C24BF20.C16H14N/c26-5-1(6(27)14(35)21(42)13(5)34)25(2-7(28)15(36)22(43)16(37)8(2)29,3-9(30)17(38)23(44)18(39)10(3)31)4-11(32)19(40)24(45)20(41)12(4)33;1-2-6-14(7-3-1)12-17-11-10-15-8-4-5-9-16(15)13-17/h;1-11,13H,12H2/q-1;+1. The van der Waals surface area contributed by atoms with Gasteiger partial charge in [0.15, 0.2) is 88.7 Å². The van der Waals surface area contributed by atoms with Crippen LogP contribution < -0.4 is 26.4 Å². The zero-order valence-electron chi connectivity index (χ0n) is 29.7. The summed E-state index contributed by atoms with van der Waals surface area (Å²) in [5, 5.41) is 2.57. The number of rotatable bonds is 6. The lowest BCUT2D eigenvalue weighted by atomic mass is 9.12. The number of nitrogens with zero attached hydrogens (tertiary/aromatic N) is 1. The Balaban J connectivity index is 0.000000311. The van der Waals surface area contributed by atoms with Crippen LogP contribution in [0.1, 0.15) is 5.56 Å². The van der Waals surface area contributed by atoms with Crippen LogP contribution in [0.4, 0.5) is 87.8 Å². The molecular formula is C40H14BF20N. The number of hydrogen-bond donors (Lipinski definition) is 0. The largest absolute Gasteiger partial charge is 0.207 e. The van der Waals surface area contributed by atoms with Crippen molar-refractivity contribution in [2.24, 2.45) is 0 Å². The molecule has 0 aliphatic rings. The van der Waals surface area contributed by atoms with Gasteiger partial charge < -0.3 is 0 Å². The van der Waals surface area contributed by atoms with Crippen molar-refractivity contribution in [1.82, 2.24) is 0 Å². The van der Waals surface area contributed by atoms with Gasteiger partial charge in [0.05, 0.1) is 0 Å². The SMILES string of the molecule is Fc1c(F)c(F)c([B-](c2c(F)c(F)c(F)c(F)c2F)(c2c(F)c(F)c(F)c(F)c2F)c2c(F)c(F)c(F)c(F)c2F)c(F)c1F.c1ccc(C[n+]2ccc3ccccc3c2)cc1. The number of pyridine rings is 1. The second-order valence-electron chi connectivity index (χ2n) is 13.0. The van der Waals surface area contributed by atoms with Crippen LogP contribution in [0.3, 0.4) is 0 Å². The van der Waals surface area contributed by atoms with E-state index in [-0.39, 0.29) is 0 Å². The Morgan fingerprint density at radius 2 is 0.548 bits per heavy atom. The normalized spacial score (nSPS) is 11.6. The molecule has 0 saturated heterocycles. The summed E-state index contributed by atoms with van der Waals surface area (Å²) in [4.78, 5) is 0. The molecule has 0 N–H and O–H groups in total. The molecule has 0 bridgehead atoms. The third-order valence-corrected chi connectivity index (χ3v) is 9.66. The molecule has 6 aromatic carbocycles. The van der Waals surface area contributed by atoms with Crippen LogP contribution in [0.15, 0.2) is 73.1 Å². The minimum absolute atomic E-state index is 0.922. The van der Waals surface area contributed by atoms with Crippen molar-refractivity contribution in [1.29, 1.82) is 0 Å². The number of fused-ring (bicyclic) bond motifs is 1. The number of benzene rings is 6. The van der Waals surface area contributed by atoms with Gasteiger partial charge in [0.2, 0.25) is 0 Å². The molecule has 0 fully saturated rings. The molecule has 1 nitrogen and oxygen atoms in total. The second-order valence-corrected chi connectivity index (χ2v) is 13.0. The lowest BCUT2D eigenvalue weighted by molar-refractivity contribution is -0.687. The molecule has 7 rings (SSSR count). The molecule has 0 amide bonds. The molecule has 62 heavy (non-hydrogen) atoms. The summed E-state index contributed by atoms with van der Waals surface area (Å²) >= 11 is 0. The molecule has 322 valence electrons. The van der Waals surface area contributed by atoms with Crippen molar-refractivity contribution in [2.75, 3.05) is 0 Å². The summed E-state index contributed by atoms with van der Waals surface area (Å²) in [6.07, 6.45) is -2.89. The molecule has 7 aromatic rings. The lowest BCUT2D eigenvalue weighted by Crippen LogP contribution is -2.81. The molecule has 0 unspecified atom stereocenters. The molecule has 0 saturated carbocycles. The molecule has 0 radical (unpaired) electrons. The van der Waals surface area contributed by atoms with Crippen LogP contribution in [-0.2, 0) is 6.54 Å². The van der Waals surface area contributed by atoms with Gasteiger partial charge in [0.1, 0.15) is 52.7 Å². The van der Waals surface area contributed by atoms with Gasteiger partial charge in [0.25, 0.3) is 0 Å². The predicted molar refractivity (Wildman–Crippen MR) is 179 cm³/mol. The number of halogens is 20. The van der Waals surface area contributed by atoms with Crippen LogP contribution in [0.5, 0.6) is 0 Å². The van der Waals surface area contributed by atoms with Crippen molar-refractivity contribution in [3.63, 3.8) is 0 Å². The Hall–Kier alpha value is -6.61. The van der Waals surface area contributed by atoms with E-state index in [1.54, 1.807) is 0 Å². The fourth-order valence-electron chi connectivity index (χ4n) is 6.94. The monoisotopic (exact) mass is 899 g/mol. The zero-order chi connectivity index (χ0) is 45.9. The smallest absolute Gasteiger partial charge is 0.200 e. The molecule has 0 atom stereocenters. The molecule has 1 heterocycles. The van der Waals surface area contributed by atoms with Crippen molar-refractivity contribution in [2.45, 2.75) is 6.54 Å². The van der Waals surface area contributed by atoms with Gasteiger partial charge in [-0.05, 0) is 11.5 Å². The van der Waals surface area contributed by atoms with E-state index >= 15 is 35.1 Å². The van der Waals surface area contributed by atoms with E-state index in [1.165, 1.54) is 16.3 Å². The fraction of sp³-hybridized carbons (Fsp3) is 0.0250. The van der Waals surface area contributed by atoms with E-state index in [0.717, 1.165) is 6.54 Å². The second kappa shape index (κ2) is 16.7. The Labute approximate surface area is 332 Å². The third-order valence-electron chi connectivity index (χ3n) is 9.66. The minimum atomic E-state index is -7.22. The first kappa shape index (κ1) is 44.9. The van der Waals surface area contributed by atoms with Gasteiger partial charge in [0, 0.05) is 17.0 Å². The molecule has 0 spiro atoms. The maximum Gasteiger partial charge on any atom is 0.200 e. The highest BCUT2D eigenvalue weighted by Crippen LogP contribution is 2.31. The number of hydrogen-bond acceptors (Lipinski definition) is 0. The van der Waals surface area contributed by atoms with E-state index < -0.39 is 144 Å². The van der Waals surface area contributed by atoms with E-state index in [1.807, 2.05) is 0 Å². The predicted octanol–water partition coefficient (Wildman–Crippen LogP) is 9.02. The molecule has 1 aromatic heterocycles. The first-order valence-corrected chi connectivity index (χ1v) is 16.8. The third kappa shape index (κ3) is 6.93. The highest BCUT2D eigenvalue weighted by molar-refractivity contribution is 7.20. The van der Waals surface area contributed by atoms with E-state index in [9.17, 15) is 52.7 Å². The van der Waals surface area contributed by atoms with Crippen molar-refractivity contribution in [3.05, 3.63) is 195 Å². The van der Waals surface area contributed by atoms with E-state index in [4.69, 9.17) is 0 Å². The van der Waals surface area contributed by atoms with Crippen LogP contribution in [0.25, 0.3) is 10.8 Å². The fourth-order valence-corrected chi connectivity index (χ4v) is 6.94. The first-order valence-electron chi connectivity index (χ1n) is 16.8. The summed E-state index contributed by atoms with van der Waals surface area (Å²) in [5.41, 5.74) is -13.0. The average Bonchev–Trinajstić information content (AvgIpc) is 3.26. The van der Waals surface area contributed by atoms with Crippen LogP contribution in [0, 0.1) is 116 Å². The summed E-state index contributed by atoms with van der Waals surface area (Å²) in [7, 11) is 0. The lowest BCUT2D eigenvalue weighted by Gasteiger charge is -2.44. The Morgan fingerprint density at radius 3 is 0.855 bits per heavy atom. The highest BCUT2D eigenvalue weighted by Gasteiger charge is 2.52. The van der Waals surface area contributed by atoms with Crippen LogP contribution in [0.2, 0.25) is 0 Å². The quantitative estimate of drug-likeness (QED) is 0.0517. The average molecular weight is 899 g/mol. The number of aromatic nitrogens is 1.